The fourth-order valence-corrected chi connectivity index (χ4v) is 4.28. The highest BCUT2D eigenvalue weighted by Gasteiger charge is 2.34. The number of thioether (sulfide) groups is 1. The van der Waals surface area contributed by atoms with Gasteiger partial charge in [-0.2, -0.15) is 0 Å². The number of hydrogen-bond acceptors (Lipinski definition) is 5. The van der Waals surface area contributed by atoms with Crippen LogP contribution in [0.15, 0.2) is 53.7 Å². The van der Waals surface area contributed by atoms with Crippen molar-refractivity contribution in [3.05, 3.63) is 65.2 Å². The molecule has 1 aromatic heterocycles. The molecule has 0 saturated carbocycles. The van der Waals surface area contributed by atoms with Crippen molar-refractivity contribution in [3.63, 3.8) is 0 Å². The molecule has 0 N–H and O–H groups in total. The van der Waals surface area contributed by atoms with Gasteiger partial charge in [-0.3, -0.25) is 14.5 Å². The first-order valence-corrected chi connectivity index (χ1v) is 10.6. The maximum Gasteiger partial charge on any atom is 0.261 e. The molecule has 6 nitrogen and oxygen atoms in total. The zero-order valence-electron chi connectivity index (χ0n) is 16.5. The molecule has 0 radical (unpaired) electrons. The Morgan fingerprint density at radius 2 is 1.55 bits per heavy atom. The van der Waals surface area contributed by atoms with E-state index in [1.807, 2.05) is 11.6 Å². The number of amides is 2. The van der Waals surface area contributed by atoms with Crippen LogP contribution in [0.5, 0.6) is 0 Å². The van der Waals surface area contributed by atoms with Crippen LogP contribution in [-0.2, 0) is 7.05 Å². The van der Waals surface area contributed by atoms with E-state index in [-0.39, 0.29) is 11.8 Å². The number of rotatable bonds is 7. The zero-order chi connectivity index (χ0) is 20.4. The Balaban J connectivity index is 1.28. The summed E-state index contributed by atoms with van der Waals surface area (Å²) in [5.41, 5.74) is 3.27. The van der Waals surface area contributed by atoms with Crippen LogP contribution < -0.4 is 0 Å². The van der Waals surface area contributed by atoms with E-state index in [1.54, 1.807) is 36.0 Å². The Hall–Kier alpha value is -2.93. The standard InChI is InChI=1S/C22H22N4O2S/c1-15-9-11-16(12-10-15)19-23-24-22(25(19)2)29-14-6-5-13-26-20(27)17-7-3-4-8-18(17)21(26)28/h3-4,7-12H,5-6,13-14H2,1-2H3. The maximum absolute atomic E-state index is 12.4. The van der Waals surface area contributed by atoms with E-state index in [1.165, 1.54) is 10.5 Å². The lowest BCUT2D eigenvalue weighted by Gasteiger charge is -2.13. The molecule has 7 heteroatoms. The van der Waals surface area contributed by atoms with Gasteiger partial charge >= 0.3 is 0 Å². The minimum atomic E-state index is -0.186. The van der Waals surface area contributed by atoms with E-state index >= 15 is 0 Å². The summed E-state index contributed by atoms with van der Waals surface area (Å²) in [6.07, 6.45) is 1.64. The second kappa shape index (κ2) is 8.21. The molecule has 0 saturated heterocycles. The third-order valence-corrected chi connectivity index (χ3v) is 6.14. The summed E-state index contributed by atoms with van der Waals surface area (Å²) in [7, 11) is 1.97. The second-order valence-electron chi connectivity index (χ2n) is 7.09. The third-order valence-electron chi connectivity index (χ3n) is 5.03. The average molecular weight is 407 g/mol. The molecule has 4 rings (SSSR count). The molecular weight excluding hydrogens is 384 g/mol. The van der Waals surface area contributed by atoms with Crippen LogP contribution >= 0.6 is 11.8 Å². The quantitative estimate of drug-likeness (QED) is 0.337. The molecule has 0 unspecified atom stereocenters. The molecule has 0 bridgehead atoms. The van der Waals surface area contributed by atoms with Crippen LogP contribution in [0, 0.1) is 6.92 Å². The number of carbonyl (C=O) groups is 2. The highest BCUT2D eigenvalue weighted by Crippen LogP contribution is 2.25. The number of unbranched alkanes of at least 4 members (excludes halogenated alkanes) is 1. The van der Waals surface area contributed by atoms with Gasteiger partial charge in [0.25, 0.3) is 11.8 Å². The molecule has 1 aliphatic rings. The molecule has 2 aromatic carbocycles. The van der Waals surface area contributed by atoms with Crippen molar-refractivity contribution in [3.8, 4) is 11.4 Å². The number of hydrogen-bond donors (Lipinski definition) is 0. The van der Waals surface area contributed by atoms with Gasteiger partial charge in [0.2, 0.25) is 0 Å². The summed E-state index contributed by atoms with van der Waals surface area (Å²) in [6, 6.07) is 15.2. The van der Waals surface area contributed by atoms with E-state index in [0.717, 1.165) is 35.1 Å². The van der Waals surface area contributed by atoms with Crippen LogP contribution in [0.3, 0.4) is 0 Å². The van der Waals surface area contributed by atoms with Gasteiger partial charge < -0.3 is 4.57 Å². The molecule has 148 valence electrons. The van der Waals surface area contributed by atoms with E-state index < -0.39 is 0 Å². The van der Waals surface area contributed by atoms with Crippen LogP contribution in [0.4, 0.5) is 0 Å². The van der Waals surface area contributed by atoms with Crippen LogP contribution in [-0.4, -0.2) is 43.8 Å². The van der Waals surface area contributed by atoms with Gasteiger partial charge in [0, 0.05) is 24.9 Å². The van der Waals surface area contributed by atoms with Gasteiger partial charge in [0.15, 0.2) is 11.0 Å². The summed E-state index contributed by atoms with van der Waals surface area (Å²) in [5, 5.41) is 9.48. The number of carbonyl (C=O) groups excluding carboxylic acids is 2. The molecule has 0 atom stereocenters. The minimum Gasteiger partial charge on any atom is -0.305 e. The lowest BCUT2D eigenvalue weighted by Crippen LogP contribution is -2.30. The topological polar surface area (TPSA) is 68.1 Å². The summed E-state index contributed by atoms with van der Waals surface area (Å²) >= 11 is 1.64. The van der Waals surface area contributed by atoms with Crippen molar-refractivity contribution in [1.29, 1.82) is 0 Å². The lowest BCUT2D eigenvalue weighted by atomic mass is 10.1. The second-order valence-corrected chi connectivity index (χ2v) is 8.16. The number of nitrogens with zero attached hydrogens (tertiary/aromatic N) is 4. The van der Waals surface area contributed by atoms with Crippen molar-refractivity contribution in [2.24, 2.45) is 7.05 Å². The van der Waals surface area contributed by atoms with Crippen molar-refractivity contribution in [2.75, 3.05) is 12.3 Å². The van der Waals surface area contributed by atoms with E-state index in [9.17, 15) is 9.59 Å². The Kier molecular flexibility index (Phi) is 5.49. The first kappa shape index (κ1) is 19.4. The van der Waals surface area contributed by atoms with Crippen molar-refractivity contribution in [1.82, 2.24) is 19.7 Å². The predicted molar refractivity (Wildman–Crippen MR) is 113 cm³/mol. The Morgan fingerprint density at radius 1 is 0.897 bits per heavy atom. The minimum absolute atomic E-state index is 0.186. The molecule has 3 aromatic rings. The van der Waals surface area contributed by atoms with E-state index in [4.69, 9.17) is 0 Å². The Morgan fingerprint density at radius 3 is 2.21 bits per heavy atom. The Labute approximate surface area is 173 Å². The van der Waals surface area contributed by atoms with Gasteiger partial charge in [-0.25, -0.2) is 0 Å². The first-order valence-electron chi connectivity index (χ1n) is 9.60. The number of imide groups is 1. The number of aromatic nitrogens is 3. The van der Waals surface area contributed by atoms with Crippen molar-refractivity contribution >= 4 is 23.6 Å². The highest BCUT2D eigenvalue weighted by atomic mass is 32.2. The fourth-order valence-electron chi connectivity index (χ4n) is 3.37. The maximum atomic E-state index is 12.4. The third kappa shape index (κ3) is 3.82. The summed E-state index contributed by atoms with van der Waals surface area (Å²) in [5.74, 6) is 1.32. The lowest BCUT2D eigenvalue weighted by molar-refractivity contribution is 0.0652. The molecule has 2 heterocycles. The molecule has 0 aliphatic carbocycles. The van der Waals surface area contributed by atoms with Gasteiger partial charge in [-0.15, -0.1) is 10.2 Å². The van der Waals surface area contributed by atoms with Crippen LogP contribution in [0.25, 0.3) is 11.4 Å². The van der Waals surface area contributed by atoms with E-state index in [2.05, 4.69) is 41.4 Å². The number of fused-ring (bicyclic) bond motifs is 1. The van der Waals surface area contributed by atoms with Gasteiger partial charge in [0.05, 0.1) is 11.1 Å². The number of benzene rings is 2. The van der Waals surface area contributed by atoms with Crippen LogP contribution in [0.2, 0.25) is 0 Å². The summed E-state index contributed by atoms with van der Waals surface area (Å²) in [4.78, 5) is 26.1. The first-order chi connectivity index (χ1) is 14.1. The van der Waals surface area contributed by atoms with Crippen molar-refractivity contribution < 1.29 is 9.59 Å². The van der Waals surface area contributed by atoms with Gasteiger partial charge in [-0.1, -0.05) is 53.7 Å². The number of aryl methyl sites for hydroxylation is 1. The van der Waals surface area contributed by atoms with Gasteiger partial charge in [0.1, 0.15) is 0 Å². The molecular formula is C22H22N4O2S. The molecule has 1 aliphatic heterocycles. The zero-order valence-corrected chi connectivity index (χ0v) is 17.3. The normalized spacial score (nSPS) is 13.2. The largest absolute Gasteiger partial charge is 0.305 e. The molecule has 29 heavy (non-hydrogen) atoms. The monoisotopic (exact) mass is 406 g/mol. The average Bonchev–Trinajstić information content (AvgIpc) is 3.21. The van der Waals surface area contributed by atoms with Crippen LogP contribution in [0.1, 0.15) is 39.1 Å². The molecule has 2 amide bonds. The SMILES string of the molecule is Cc1ccc(-c2nnc(SCCCCN3C(=O)c4ccccc4C3=O)n2C)cc1. The summed E-state index contributed by atoms with van der Waals surface area (Å²) in [6.45, 7) is 2.50. The molecule has 0 fully saturated rings. The smallest absolute Gasteiger partial charge is 0.261 e. The predicted octanol–water partition coefficient (Wildman–Crippen LogP) is 3.96. The Bertz CT molecular complexity index is 1020. The summed E-state index contributed by atoms with van der Waals surface area (Å²) < 4.78 is 2.00. The van der Waals surface area contributed by atoms with E-state index in [0.29, 0.717) is 17.7 Å². The van der Waals surface area contributed by atoms with Crippen molar-refractivity contribution in [2.45, 2.75) is 24.9 Å². The van der Waals surface area contributed by atoms with Gasteiger partial charge in [-0.05, 0) is 31.9 Å². The fraction of sp³-hybridized carbons (Fsp3) is 0.273. The highest BCUT2D eigenvalue weighted by molar-refractivity contribution is 7.99. The molecule has 0 spiro atoms.